The second kappa shape index (κ2) is 7.73. The molecule has 0 heteroatoms. The average molecular weight is 206 g/mol. The molecule has 86 valence electrons. The van der Waals surface area contributed by atoms with Crippen molar-refractivity contribution in [3.8, 4) is 0 Å². The molecule has 0 aliphatic heterocycles. The summed E-state index contributed by atoms with van der Waals surface area (Å²) in [5.74, 6) is 0.758. The van der Waals surface area contributed by atoms with Crippen molar-refractivity contribution in [1.29, 1.82) is 0 Å². The van der Waals surface area contributed by atoms with Gasteiger partial charge < -0.3 is 0 Å². The van der Waals surface area contributed by atoms with Crippen molar-refractivity contribution >= 4 is 0 Å². The zero-order chi connectivity index (χ0) is 10.9. The van der Waals surface area contributed by atoms with E-state index in [0.717, 1.165) is 5.92 Å². The molecule has 0 aromatic rings. The maximum Gasteiger partial charge on any atom is -0.00445 e. The standard InChI is InChI=1S/C15H26/c1-3-5-7-9-14-11-12-15(13-14)10-8-6-4-2/h11-14H,3-10H2,1-2H3. The maximum atomic E-state index is 2.49. The number of unbranched alkanes of at least 4 members (excludes halogenated alkanes) is 4. The third-order valence-corrected chi connectivity index (χ3v) is 3.20. The van der Waals surface area contributed by atoms with Crippen molar-refractivity contribution in [2.24, 2.45) is 5.92 Å². The van der Waals surface area contributed by atoms with Crippen molar-refractivity contribution in [3.05, 3.63) is 23.8 Å². The van der Waals surface area contributed by atoms with Gasteiger partial charge in [0, 0.05) is 0 Å². The minimum absolute atomic E-state index is 0.758. The van der Waals surface area contributed by atoms with Gasteiger partial charge in [-0.25, -0.2) is 0 Å². The van der Waals surface area contributed by atoms with Gasteiger partial charge in [-0.2, -0.15) is 0 Å². The van der Waals surface area contributed by atoms with Crippen LogP contribution in [-0.4, -0.2) is 0 Å². The van der Waals surface area contributed by atoms with Crippen LogP contribution in [-0.2, 0) is 0 Å². The molecule has 0 fully saturated rings. The summed E-state index contributed by atoms with van der Waals surface area (Å²) in [5, 5.41) is 0. The van der Waals surface area contributed by atoms with Gasteiger partial charge in [0.15, 0.2) is 0 Å². The fourth-order valence-electron chi connectivity index (χ4n) is 2.19. The predicted octanol–water partition coefficient (Wildman–Crippen LogP) is 5.26. The average Bonchev–Trinajstić information content (AvgIpc) is 2.67. The van der Waals surface area contributed by atoms with Gasteiger partial charge in [-0.3, -0.25) is 0 Å². The van der Waals surface area contributed by atoms with E-state index in [1.807, 2.05) is 0 Å². The molecule has 1 rings (SSSR count). The molecule has 0 nitrogen and oxygen atoms in total. The quantitative estimate of drug-likeness (QED) is 0.475. The molecular formula is C15H26. The molecule has 0 bridgehead atoms. The van der Waals surface area contributed by atoms with Gasteiger partial charge in [0.1, 0.15) is 0 Å². The molecule has 0 radical (unpaired) electrons. The molecule has 1 unspecified atom stereocenters. The lowest BCUT2D eigenvalue weighted by molar-refractivity contribution is 0.613. The SMILES string of the molecule is CCCCCC1=CC(CCCCC)C=C1. The Morgan fingerprint density at radius 2 is 1.73 bits per heavy atom. The highest BCUT2D eigenvalue weighted by molar-refractivity contribution is 5.28. The minimum atomic E-state index is 0.758. The van der Waals surface area contributed by atoms with Crippen molar-refractivity contribution in [3.63, 3.8) is 0 Å². The van der Waals surface area contributed by atoms with E-state index in [-0.39, 0.29) is 0 Å². The van der Waals surface area contributed by atoms with Crippen LogP contribution in [0.2, 0.25) is 0 Å². The van der Waals surface area contributed by atoms with Gasteiger partial charge in [-0.15, -0.1) is 0 Å². The number of hydrogen-bond donors (Lipinski definition) is 0. The second-order valence-electron chi connectivity index (χ2n) is 4.72. The first-order valence-electron chi connectivity index (χ1n) is 6.75. The Labute approximate surface area is 95.5 Å². The lowest BCUT2D eigenvalue weighted by atomic mass is 10.0. The molecule has 0 aromatic carbocycles. The lowest BCUT2D eigenvalue weighted by Gasteiger charge is -2.03. The molecule has 0 amide bonds. The molecule has 0 aromatic heterocycles. The van der Waals surface area contributed by atoms with Crippen molar-refractivity contribution in [2.75, 3.05) is 0 Å². The third kappa shape index (κ3) is 5.20. The monoisotopic (exact) mass is 206 g/mol. The van der Waals surface area contributed by atoms with Gasteiger partial charge in [-0.1, -0.05) is 69.8 Å². The van der Waals surface area contributed by atoms with Crippen LogP contribution in [0.5, 0.6) is 0 Å². The zero-order valence-corrected chi connectivity index (χ0v) is 10.5. The summed E-state index contributed by atoms with van der Waals surface area (Å²) < 4.78 is 0. The molecule has 0 saturated heterocycles. The van der Waals surface area contributed by atoms with Crippen LogP contribution in [0.4, 0.5) is 0 Å². The highest BCUT2D eigenvalue weighted by Crippen LogP contribution is 2.24. The third-order valence-electron chi connectivity index (χ3n) is 3.20. The Morgan fingerprint density at radius 3 is 2.47 bits per heavy atom. The van der Waals surface area contributed by atoms with E-state index >= 15 is 0 Å². The lowest BCUT2D eigenvalue weighted by Crippen LogP contribution is -1.89. The van der Waals surface area contributed by atoms with Crippen LogP contribution in [0, 0.1) is 5.92 Å². The van der Waals surface area contributed by atoms with Crippen LogP contribution in [0.1, 0.15) is 65.2 Å². The van der Waals surface area contributed by atoms with Crippen LogP contribution in [0.25, 0.3) is 0 Å². The van der Waals surface area contributed by atoms with Gasteiger partial charge in [0.2, 0.25) is 0 Å². The largest absolute Gasteiger partial charge is 0.0773 e. The Morgan fingerprint density at radius 1 is 1.00 bits per heavy atom. The highest BCUT2D eigenvalue weighted by atomic mass is 14.1. The maximum absolute atomic E-state index is 2.49. The fraction of sp³-hybridized carbons (Fsp3) is 0.733. The van der Waals surface area contributed by atoms with Crippen molar-refractivity contribution < 1.29 is 0 Å². The van der Waals surface area contributed by atoms with Crippen molar-refractivity contribution in [2.45, 2.75) is 65.2 Å². The molecular weight excluding hydrogens is 180 g/mol. The normalized spacial score (nSPS) is 19.6. The summed E-state index contributed by atoms with van der Waals surface area (Å²) in [4.78, 5) is 0. The molecule has 0 heterocycles. The van der Waals surface area contributed by atoms with E-state index in [0.29, 0.717) is 0 Å². The van der Waals surface area contributed by atoms with Crippen LogP contribution >= 0.6 is 0 Å². The van der Waals surface area contributed by atoms with E-state index in [9.17, 15) is 0 Å². The van der Waals surface area contributed by atoms with Crippen LogP contribution in [0.15, 0.2) is 23.8 Å². The summed E-state index contributed by atoms with van der Waals surface area (Å²) >= 11 is 0. The second-order valence-corrected chi connectivity index (χ2v) is 4.72. The summed E-state index contributed by atoms with van der Waals surface area (Å²) in [5.41, 5.74) is 1.59. The van der Waals surface area contributed by atoms with E-state index in [1.165, 1.54) is 51.4 Å². The van der Waals surface area contributed by atoms with E-state index < -0.39 is 0 Å². The van der Waals surface area contributed by atoms with Gasteiger partial charge >= 0.3 is 0 Å². The summed E-state index contributed by atoms with van der Waals surface area (Å²) in [6.07, 6.45) is 18.1. The van der Waals surface area contributed by atoms with Gasteiger partial charge in [0.05, 0.1) is 0 Å². The van der Waals surface area contributed by atoms with Crippen LogP contribution < -0.4 is 0 Å². The summed E-state index contributed by atoms with van der Waals surface area (Å²) in [6, 6.07) is 0. The topological polar surface area (TPSA) is 0 Å². The van der Waals surface area contributed by atoms with E-state index in [2.05, 4.69) is 32.1 Å². The Balaban J connectivity index is 2.14. The Bertz CT molecular complexity index is 210. The molecule has 15 heavy (non-hydrogen) atoms. The molecule has 0 saturated carbocycles. The zero-order valence-electron chi connectivity index (χ0n) is 10.5. The van der Waals surface area contributed by atoms with Gasteiger partial charge in [0.25, 0.3) is 0 Å². The smallest absolute Gasteiger partial charge is 0.00445 e. The first-order valence-corrected chi connectivity index (χ1v) is 6.75. The number of hydrogen-bond acceptors (Lipinski definition) is 0. The van der Waals surface area contributed by atoms with Gasteiger partial charge in [-0.05, 0) is 25.2 Å². The highest BCUT2D eigenvalue weighted by Gasteiger charge is 2.08. The first-order chi connectivity index (χ1) is 7.36. The molecule has 1 aliphatic carbocycles. The summed E-state index contributed by atoms with van der Waals surface area (Å²) in [6.45, 7) is 4.54. The van der Waals surface area contributed by atoms with Crippen LogP contribution in [0.3, 0.4) is 0 Å². The Hall–Kier alpha value is -0.520. The van der Waals surface area contributed by atoms with E-state index in [4.69, 9.17) is 0 Å². The minimum Gasteiger partial charge on any atom is -0.0773 e. The molecule has 0 N–H and O–H groups in total. The molecule has 1 aliphatic rings. The molecule has 1 atom stereocenters. The first kappa shape index (κ1) is 12.5. The van der Waals surface area contributed by atoms with Crippen molar-refractivity contribution in [1.82, 2.24) is 0 Å². The fourth-order valence-corrected chi connectivity index (χ4v) is 2.19. The Kier molecular flexibility index (Phi) is 6.47. The predicted molar refractivity (Wildman–Crippen MR) is 69.0 cm³/mol. The number of allylic oxidation sites excluding steroid dienone is 4. The number of rotatable bonds is 8. The van der Waals surface area contributed by atoms with E-state index in [1.54, 1.807) is 5.57 Å². The summed E-state index contributed by atoms with van der Waals surface area (Å²) in [7, 11) is 0. The molecule has 0 spiro atoms.